The van der Waals surface area contributed by atoms with Crippen LogP contribution in [0.4, 0.5) is 0 Å². The molecule has 0 aliphatic carbocycles. The molecule has 0 saturated heterocycles. The lowest BCUT2D eigenvalue weighted by Gasteiger charge is -2.21. The van der Waals surface area contributed by atoms with Gasteiger partial charge in [0.15, 0.2) is 0 Å². The molecular weight excluding hydrogens is 354 g/mol. The molecule has 0 aromatic heterocycles. The fourth-order valence-electron chi connectivity index (χ4n) is 2.85. The Labute approximate surface area is 165 Å². The highest BCUT2D eigenvalue weighted by Gasteiger charge is 2.23. The maximum absolute atomic E-state index is 12.5. The van der Waals surface area contributed by atoms with Crippen molar-refractivity contribution in [2.24, 2.45) is 4.99 Å². The van der Waals surface area contributed by atoms with Gasteiger partial charge in [-0.3, -0.25) is 20.2 Å². The van der Waals surface area contributed by atoms with Crippen LogP contribution < -0.4 is 15.4 Å². The van der Waals surface area contributed by atoms with Gasteiger partial charge >= 0.3 is 0 Å². The third kappa shape index (κ3) is 5.19. The molecule has 6 heteroatoms. The van der Waals surface area contributed by atoms with E-state index >= 15 is 0 Å². The van der Waals surface area contributed by atoms with Crippen LogP contribution in [-0.2, 0) is 4.79 Å². The number of hydrogen-bond donors (Lipinski definition) is 2. The second-order valence-corrected chi connectivity index (χ2v) is 6.84. The van der Waals surface area contributed by atoms with Gasteiger partial charge in [-0.25, -0.2) is 4.99 Å². The Morgan fingerprint density at radius 2 is 1.89 bits per heavy atom. The van der Waals surface area contributed by atoms with Gasteiger partial charge in [0.2, 0.25) is 11.9 Å². The van der Waals surface area contributed by atoms with Gasteiger partial charge in [0.05, 0.1) is 19.1 Å². The van der Waals surface area contributed by atoms with Gasteiger partial charge in [0.1, 0.15) is 5.75 Å². The minimum Gasteiger partial charge on any atom is -0.494 e. The molecule has 2 aromatic carbocycles. The number of hydrogen-bond acceptors (Lipinski definition) is 4. The number of benzene rings is 2. The highest BCUT2D eigenvalue weighted by molar-refractivity contribution is 6.10. The van der Waals surface area contributed by atoms with Crippen molar-refractivity contribution in [3.8, 4) is 5.75 Å². The molecule has 0 saturated carbocycles. The second-order valence-electron chi connectivity index (χ2n) is 6.84. The van der Waals surface area contributed by atoms with E-state index in [2.05, 4.69) is 22.5 Å². The maximum atomic E-state index is 12.5. The van der Waals surface area contributed by atoms with Crippen LogP contribution in [0, 0.1) is 6.92 Å². The quantitative estimate of drug-likeness (QED) is 0.754. The van der Waals surface area contributed by atoms with Crippen molar-refractivity contribution in [3.05, 3.63) is 65.2 Å². The van der Waals surface area contributed by atoms with Gasteiger partial charge < -0.3 is 4.74 Å². The largest absolute Gasteiger partial charge is 0.494 e. The van der Waals surface area contributed by atoms with E-state index in [-0.39, 0.29) is 30.2 Å². The molecule has 1 aliphatic heterocycles. The molecule has 2 amide bonds. The number of nitrogens with zero attached hydrogens (tertiary/aromatic N) is 1. The fraction of sp³-hybridized carbons (Fsp3) is 0.318. The van der Waals surface area contributed by atoms with Gasteiger partial charge in [-0.1, -0.05) is 43.2 Å². The summed E-state index contributed by atoms with van der Waals surface area (Å²) in [6.07, 6.45) is 2.31. The number of ether oxygens (including phenoxy) is 1. The van der Waals surface area contributed by atoms with Crippen molar-refractivity contribution >= 4 is 17.8 Å². The van der Waals surface area contributed by atoms with Crippen LogP contribution in [0.25, 0.3) is 0 Å². The van der Waals surface area contributed by atoms with Crippen LogP contribution in [0.3, 0.4) is 0 Å². The van der Waals surface area contributed by atoms with Crippen LogP contribution >= 0.6 is 0 Å². The molecule has 3 rings (SSSR count). The lowest BCUT2D eigenvalue weighted by atomic mass is 10.0. The van der Waals surface area contributed by atoms with Crippen molar-refractivity contribution < 1.29 is 14.3 Å². The number of aliphatic imine (C=N–C) groups is 1. The zero-order valence-electron chi connectivity index (χ0n) is 16.2. The number of rotatable bonds is 6. The number of amides is 2. The topological polar surface area (TPSA) is 79.8 Å². The summed E-state index contributed by atoms with van der Waals surface area (Å²) in [7, 11) is 0. The first-order valence-corrected chi connectivity index (χ1v) is 9.53. The van der Waals surface area contributed by atoms with Gasteiger partial charge in [-0.15, -0.1) is 0 Å². The first-order valence-electron chi connectivity index (χ1n) is 9.53. The summed E-state index contributed by atoms with van der Waals surface area (Å²) in [5, 5.41) is 5.32. The molecular formula is C22H25N3O3. The standard InChI is InChI=1S/C22H25N3O3/c1-3-4-13-28-18-11-9-17(10-12-18)21(27)25-22-23-19(14-20(26)24-22)16-7-5-15(2)6-8-16/h5-12,19H,3-4,13-14H2,1-2H3,(H2,23,24,25,26,27)/t19-/m1/s1. The zero-order valence-corrected chi connectivity index (χ0v) is 16.2. The predicted molar refractivity (Wildman–Crippen MR) is 108 cm³/mol. The van der Waals surface area contributed by atoms with Gasteiger partial charge in [0.25, 0.3) is 5.91 Å². The highest BCUT2D eigenvalue weighted by atomic mass is 16.5. The molecule has 0 unspecified atom stereocenters. The summed E-state index contributed by atoms with van der Waals surface area (Å²) in [6, 6.07) is 14.5. The van der Waals surface area contributed by atoms with E-state index in [0.717, 1.165) is 29.7 Å². The smallest absolute Gasteiger partial charge is 0.257 e. The molecule has 1 heterocycles. The summed E-state index contributed by atoms with van der Waals surface area (Å²) in [5.41, 5.74) is 2.56. The van der Waals surface area contributed by atoms with Crippen molar-refractivity contribution in [1.82, 2.24) is 10.6 Å². The lowest BCUT2D eigenvalue weighted by Crippen LogP contribution is -2.47. The van der Waals surface area contributed by atoms with Crippen LogP contribution in [0.5, 0.6) is 5.75 Å². The fourth-order valence-corrected chi connectivity index (χ4v) is 2.85. The average Bonchev–Trinajstić information content (AvgIpc) is 2.69. The van der Waals surface area contributed by atoms with E-state index in [1.54, 1.807) is 24.3 Å². The summed E-state index contributed by atoms with van der Waals surface area (Å²) < 4.78 is 5.60. The molecule has 0 fully saturated rings. The predicted octanol–water partition coefficient (Wildman–Crippen LogP) is 3.52. The Balaban J connectivity index is 1.66. The Hall–Kier alpha value is -3.15. The van der Waals surface area contributed by atoms with Crippen molar-refractivity contribution in [1.29, 1.82) is 0 Å². The van der Waals surface area contributed by atoms with Gasteiger partial charge in [-0.2, -0.15) is 0 Å². The monoisotopic (exact) mass is 379 g/mol. The van der Waals surface area contributed by atoms with E-state index in [9.17, 15) is 9.59 Å². The number of unbranched alkanes of at least 4 members (excludes halogenated alkanes) is 1. The first kappa shape index (κ1) is 19.6. The third-order valence-electron chi connectivity index (χ3n) is 4.50. The molecule has 0 spiro atoms. The Morgan fingerprint density at radius 1 is 1.18 bits per heavy atom. The Kier molecular flexibility index (Phi) is 6.42. The first-order chi connectivity index (χ1) is 13.5. The van der Waals surface area contributed by atoms with E-state index in [1.807, 2.05) is 31.2 Å². The van der Waals surface area contributed by atoms with Gasteiger partial charge in [-0.05, 0) is 43.2 Å². The van der Waals surface area contributed by atoms with Crippen molar-refractivity contribution in [2.45, 2.75) is 39.2 Å². The molecule has 0 radical (unpaired) electrons. The highest BCUT2D eigenvalue weighted by Crippen LogP contribution is 2.23. The number of guanidine groups is 1. The minimum atomic E-state index is -0.330. The van der Waals surface area contributed by atoms with E-state index in [1.165, 1.54) is 0 Å². The zero-order chi connectivity index (χ0) is 19.9. The van der Waals surface area contributed by atoms with E-state index in [4.69, 9.17) is 4.74 Å². The molecule has 0 bridgehead atoms. The van der Waals surface area contributed by atoms with Crippen molar-refractivity contribution in [3.63, 3.8) is 0 Å². The second kappa shape index (κ2) is 9.17. The van der Waals surface area contributed by atoms with Crippen LogP contribution in [0.2, 0.25) is 0 Å². The Bertz CT molecular complexity index is 858. The lowest BCUT2D eigenvalue weighted by molar-refractivity contribution is -0.120. The van der Waals surface area contributed by atoms with Crippen LogP contribution in [-0.4, -0.2) is 24.4 Å². The average molecular weight is 379 g/mol. The molecule has 1 aliphatic rings. The summed E-state index contributed by atoms with van der Waals surface area (Å²) in [5.74, 6) is 0.405. The number of carbonyl (C=O) groups excluding carboxylic acids is 2. The molecule has 1 atom stereocenters. The SMILES string of the molecule is CCCCOc1ccc(C(=O)NC2=N[C@@H](c3ccc(C)cc3)CC(=O)N2)cc1. The number of carbonyl (C=O) groups is 2. The third-order valence-corrected chi connectivity index (χ3v) is 4.50. The maximum Gasteiger partial charge on any atom is 0.257 e. The molecule has 2 aromatic rings. The van der Waals surface area contributed by atoms with Crippen LogP contribution in [0.1, 0.15) is 53.7 Å². The molecule has 6 nitrogen and oxygen atoms in total. The minimum absolute atomic E-state index is 0.171. The Morgan fingerprint density at radius 3 is 2.57 bits per heavy atom. The van der Waals surface area contributed by atoms with E-state index < -0.39 is 0 Å². The summed E-state index contributed by atoms with van der Waals surface area (Å²) in [6.45, 7) is 4.77. The normalized spacial score (nSPS) is 16.1. The van der Waals surface area contributed by atoms with Crippen LogP contribution in [0.15, 0.2) is 53.5 Å². The number of aryl methyl sites for hydroxylation is 1. The van der Waals surface area contributed by atoms with Crippen molar-refractivity contribution in [2.75, 3.05) is 6.61 Å². The summed E-state index contributed by atoms with van der Waals surface area (Å²) in [4.78, 5) is 29.0. The number of nitrogens with one attached hydrogen (secondary N) is 2. The van der Waals surface area contributed by atoms with E-state index in [0.29, 0.717) is 12.2 Å². The van der Waals surface area contributed by atoms with Gasteiger partial charge in [0, 0.05) is 5.56 Å². The molecule has 28 heavy (non-hydrogen) atoms. The molecule has 146 valence electrons. The summed E-state index contributed by atoms with van der Waals surface area (Å²) >= 11 is 0. The molecule has 2 N–H and O–H groups in total.